The van der Waals surface area contributed by atoms with Crippen LogP contribution in [0.2, 0.25) is 0 Å². The number of nitrogens with one attached hydrogen (secondary N) is 1. The van der Waals surface area contributed by atoms with Crippen molar-refractivity contribution >= 4 is 5.91 Å². The number of para-hydroxylation sites is 1. The monoisotopic (exact) mass is 307 g/mol. The van der Waals surface area contributed by atoms with Gasteiger partial charge in [-0.05, 0) is 42.0 Å². The van der Waals surface area contributed by atoms with Gasteiger partial charge in [0.05, 0.1) is 19.1 Å². The Kier molecular flexibility index (Phi) is 3.78. The number of carbonyl (C=O) groups excluding carboxylic acids is 1. The Hall–Kier alpha value is -2.29. The van der Waals surface area contributed by atoms with Crippen molar-refractivity contribution in [2.24, 2.45) is 0 Å². The fraction of sp³-hybridized carbons (Fsp3) is 0.350. The van der Waals surface area contributed by atoms with E-state index in [0.717, 1.165) is 29.7 Å². The van der Waals surface area contributed by atoms with E-state index >= 15 is 0 Å². The molecular formula is C20H21NO2. The molecule has 1 aliphatic heterocycles. The summed E-state index contributed by atoms with van der Waals surface area (Å²) in [4.78, 5) is 12.4. The molecular weight excluding hydrogens is 286 g/mol. The van der Waals surface area contributed by atoms with Crippen molar-refractivity contribution in [2.75, 3.05) is 6.61 Å². The van der Waals surface area contributed by atoms with Crippen LogP contribution in [0.4, 0.5) is 0 Å². The van der Waals surface area contributed by atoms with Gasteiger partial charge in [-0.2, -0.15) is 0 Å². The van der Waals surface area contributed by atoms with E-state index in [9.17, 15) is 4.79 Å². The van der Waals surface area contributed by atoms with Gasteiger partial charge < -0.3 is 10.1 Å². The number of rotatable bonds is 3. The van der Waals surface area contributed by atoms with Gasteiger partial charge in [-0.15, -0.1) is 0 Å². The molecule has 1 amide bonds. The maximum atomic E-state index is 12.4. The highest BCUT2D eigenvalue weighted by Crippen LogP contribution is 2.31. The zero-order chi connectivity index (χ0) is 15.6. The predicted molar refractivity (Wildman–Crippen MR) is 89.6 cm³/mol. The second-order valence-corrected chi connectivity index (χ2v) is 6.43. The maximum Gasteiger partial charge on any atom is 0.224 e. The lowest BCUT2D eigenvalue weighted by atomic mass is 9.99. The van der Waals surface area contributed by atoms with Crippen LogP contribution in [0.5, 0.6) is 5.75 Å². The van der Waals surface area contributed by atoms with Crippen LogP contribution in [0.1, 0.15) is 41.1 Å². The Bertz CT molecular complexity index is 738. The molecule has 2 aromatic carbocycles. The van der Waals surface area contributed by atoms with E-state index in [1.54, 1.807) is 0 Å². The van der Waals surface area contributed by atoms with Gasteiger partial charge in [0, 0.05) is 12.0 Å². The van der Waals surface area contributed by atoms with Crippen molar-refractivity contribution in [3.63, 3.8) is 0 Å². The van der Waals surface area contributed by atoms with Crippen molar-refractivity contribution in [2.45, 2.75) is 38.1 Å². The lowest BCUT2D eigenvalue weighted by Crippen LogP contribution is -2.33. The zero-order valence-corrected chi connectivity index (χ0v) is 13.2. The molecule has 1 unspecified atom stereocenters. The molecule has 23 heavy (non-hydrogen) atoms. The summed E-state index contributed by atoms with van der Waals surface area (Å²) in [5.74, 6) is 0.978. The number of carbonyl (C=O) groups is 1. The Balaban J connectivity index is 1.45. The lowest BCUT2D eigenvalue weighted by Gasteiger charge is -2.26. The molecule has 1 aliphatic carbocycles. The molecule has 1 N–H and O–H groups in total. The number of hydrogen-bond donors (Lipinski definition) is 1. The number of amides is 1. The highest BCUT2D eigenvalue weighted by Gasteiger charge is 2.22. The second kappa shape index (κ2) is 6.07. The first kappa shape index (κ1) is 14.3. The summed E-state index contributed by atoms with van der Waals surface area (Å²) >= 11 is 0. The fourth-order valence-electron chi connectivity index (χ4n) is 3.66. The Labute approximate surface area is 136 Å². The van der Waals surface area contributed by atoms with Crippen LogP contribution < -0.4 is 10.1 Å². The van der Waals surface area contributed by atoms with Crippen molar-refractivity contribution in [1.29, 1.82) is 0 Å². The largest absolute Gasteiger partial charge is 0.493 e. The van der Waals surface area contributed by atoms with Gasteiger partial charge in [0.15, 0.2) is 0 Å². The Morgan fingerprint density at radius 1 is 1.13 bits per heavy atom. The normalized spacial score (nSPS) is 18.7. The van der Waals surface area contributed by atoms with E-state index in [1.165, 1.54) is 24.0 Å². The molecule has 0 bridgehead atoms. The number of benzene rings is 2. The van der Waals surface area contributed by atoms with Crippen molar-refractivity contribution in [3.8, 4) is 5.75 Å². The fourth-order valence-corrected chi connectivity index (χ4v) is 3.66. The third-order valence-electron chi connectivity index (χ3n) is 4.82. The summed E-state index contributed by atoms with van der Waals surface area (Å²) in [6.07, 6.45) is 4.85. The van der Waals surface area contributed by atoms with Gasteiger partial charge in [0.2, 0.25) is 5.91 Å². The lowest BCUT2D eigenvalue weighted by molar-refractivity contribution is -0.121. The number of aryl methyl sites for hydroxylation is 2. The molecule has 0 saturated heterocycles. The van der Waals surface area contributed by atoms with E-state index in [2.05, 4.69) is 23.5 Å². The number of ether oxygens (including phenoxy) is 1. The maximum absolute atomic E-state index is 12.4. The molecule has 118 valence electrons. The summed E-state index contributed by atoms with van der Waals surface area (Å²) in [7, 11) is 0. The molecule has 2 aliphatic rings. The molecule has 3 heteroatoms. The summed E-state index contributed by atoms with van der Waals surface area (Å²) < 4.78 is 5.65. The standard InChI is InChI=1S/C20H21NO2/c22-20(13-14-8-9-15-4-3-5-16(15)12-14)21-18-10-11-23-19-7-2-1-6-17(18)19/h1-2,6-9,12,18H,3-5,10-11,13H2,(H,21,22). The van der Waals surface area contributed by atoms with Crippen LogP contribution in [0, 0.1) is 0 Å². The number of hydrogen-bond acceptors (Lipinski definition) is 2. The van der Waals surface area contributed by atoms with Crippen LogP contribution >= 0.6 is 0 Å². The topological polar surface area (TPSA) is 38.3 Å². The molecule has 0 saturated carbocycles. The quantitative estimate of drug-likeness (QED) is 0.944. The van der Waals surface area contributed by atoms with Gasteiger partial charge >= 0.3 is 0 Å². The van der Waals surface area contributed by atoms with Gasteiger partial charge in [0.25, 0.3) is 0 Å². The van der Waals surface area contributed by atoms with E-state index in [-0.39, 0.29) is 11.9 Å². The summed E-state index contributed by atoms with van der Waals surface area (Å²) in [5, 5.41) is 3.17. The van der Waals surface area contributed by atoms with Crippen LogP contribution in [0.3, 0.4) is 0 Å². The third kappa shape index (κ3) is 2.96. The van der Waals surface area contributed by atoms with Crippen LogP contribution in [0.15, 0.2) is 42.5 Å². The molecule has 0 spiro atoms. The van der Waals surface area contributed by atoms with Crippen LogP contribution in [0.25, 0.3) is 0 Å². The van der Waals surface area contributed by atoms with E-state index in [4.69, 9.17) is 4.74 Å². The van der Waals surface area contributed by atoms with E-state index < -0.39 is 0 Å². The Morgan fingerprint density at radius 2 is 2.00 bits per heavy atom. The Morgan fingerprint density at radius 3 is 2.96 bits per heavy atom. The molecule has 1 atom stereocenters. The summed E-state index contributed by atoms with van der Waals surface area (Å²) in [5.41, 5.74) is 5.07. The molecule has 1 heterocycles. The first-order chi connectivity index (χ1) is 11.3. The first-order valence-corrected chi connectivity index (χ1v) is 8.41. The van der Waals surface area contributed by atoms with E-state index in [1.807, 2.05) is 24.3 Å². The van der Waals surface area contributed by atoms with Gasteiger partial charge in [-0.25, -0.2) is 0 Å². The average Bonchev–Trinajstić information content (AvgIpc) is 3.03. The van der Waals surface area contributed by atoms with E-state index in [0.29, 0.717) is 13.0 Å². The average molecular weight is 307 g/mol. The summed E-state index contributed by atoms with van der Waals surface area (Å²) in [6, 6.07) is 14.5. The van der Waals surface area contributed by atoms with Crippen molar-refractivity contribution in [1.82, 2.24) is 5.32 Å². The molecule has 3 nitrogen and oxygen atoms in total. The molecule has 0 radical (unpaired) electrons. The second-order valence-electron chi connectivity index (χ2n) is 6.43. The highest BCUT2D eigenvalue weighted by atomic mass is 16.5. The predicted octanol–water partition coefficient (Wildman–Crippen LogP) is 3.36. The minimum absolute atomic E-state index is 0.0573. The minimum Gasteiger partial charge on any atom is -0.493 e. The third-order valence-corrected chi connectivity index (χ3v) is 4.82. The highest BCUT2D eigenvalue weighted by molar-refractivity contribution is 5.79. The van der Waals surface area contributed by atoms with Crippen LogP contribution in [-0.2, 0) is 24.1 Å². The SMILES string of the molecule is O=C(Cc1ccc2c(c1)CCC2)NC1CCOc2ccccc21. The van der Waals surface area contributed by atoms with Gasteiger partial charge in [0.1, 0.15) is 5.75 Å². The van der Waals surface area contributed by atoms with Crippen molar-refractivity contribution < 1.29 is 9.53 Å². The zero-order valence-electron chi connectivity index (χ0n) is 13.2. The first-order valence-electron chi connectivity index (χ1n) is 8.41. The molecule has 0 aromatic heterocycles. The minimum atomic E-state index is 0.0573. The molecule has 2 aromatic rings. The number of fused-ring (bicyclic) bond motifs is 2. The van der Waals surface area contributed by atoms with Crippen molar-refractivity contribution in [3.05, 3.63) is 64.7 Å². The van der Waals surface area contributed by atoms with Gasteiger partial charge in [-0.1, -0.05) is 36.4 Å². The van der Waals surface area contributed by atoms with Crippen LogP contribution in [-0.4, -0.2) is 12.5 Å². The summed E-state index contributed by atoms with van der Waals surface area (Å²) in [6.45, 7) is 0.654. The smallest absolute Gasteiger partial charge is 0.224 e. The molecule has 4 rings (SSSR count). The molecule has 0 fully saturated rings. The van der Waals surface area contributed by atoms with Gasteiger partial charge in [-0.3, -0.25) is 4.79 Å².